The maximum atomic E-state index is 5.96. The van der Waals surface area contributed by atoms with E-state index in [4.69, 9.17) is 5.73 Å². The van der Waals surface area contributed by atoms with E-state index < -0.39 is 0 Å². The number of benzene rings is 1. The lowest BCUT2D eigenvalue weighted by Crippen LogP contribution is -2.06. The Morgan fingerprint density at radius 3 is 2.50 bits per heavy atom. The second-order valence-electron chi connectivity index (χ2n) is 4.45. The van der Waals surface area contributed by atoms with Gasteiger partial charge in [0.05, 0.1) is 10.2 Å². The van der Waals surface area contributed by atoms with E-state index in [2.05, 4.69) is 19.9 Å². The van der Waals surface area contributed by atoms with Crippen LogP contribution in [-0.2, 0) is 0 Å². The van der Waals surface area contributed by atoms with Crippen LogP contribution in [0, 0.1) is 13.8 Å². The van der Waals surface area contributed by atoms with Crippen LogP contribution in [0.25, 0.3) is 10.2 Å². The average molecular weight is 352 g/mol. The zero-order chi connectivity index (χ0) is 14.8. The zero-order valence-electron chi connectivity index (χ0n) is 12.0. The fourth-order valence-corrected chi connectivity index (χ4v) is 3.70. The van der Waals surface area contributed by atoms with Gasteiger partial charge in [-0.2, -0.15) is 4.99 Å². The molecular formula is C14H14ClN5S2. The van der Waals surface area contributed by atoms with Crippen molar-refractivity contribution in [1.29, 1.82) is 0 Å². The summed E-state index contributed by atoms with van der Waals surface area (Å²) < 4.78 is 2.00. The summed E-state index contributed by atoms with van der Waals surface area (Å²) in [6.07, 6.45) is 0. The molecule has 0 aliphatic rings. The average Bonchev–Trinajstić information content (AvgIpc) is 2.78. The van der Waals surface area contributed by atoms with Crippen molar-refractivity contribution in [3.8, 4) is 0 Å². The molecule has 0 saturated carbocycles. The Hall–Kier alpha value is -1.70. The predicted molar refractivity (Wildman–Crippen MR) is 95.5 cm³/mol. The number of hydrogen-bond acceptors (Lipinski definition) is 6. The summed E-state index contributed by atoms with van der Waals surface area (Å²) in [5.74, 6) is 0.388. The van der Waals surface area contributed by atoms with E-state index in [9.17, 15) is 0 Å². The number of fused-ring (bicyclic) bond motifs is 1. The molecule has 0 atom stereocenters. The van der Waals surface area contributed by atoms with Crippen molar-refractivity contribution in [2.45, 2.75) is 18.2 Å². The Labute approximate surface area is 142 Å². The van der Waals surface area contributed by atoms with Gasteiger partial charge in [0.15, 0.2) is 9.51 Å². The summed E-state index contributed by atoms with van der Waals surface area (Å²) in [5, 5.41) is 0.388. The van der Waals surface area contributed by atoms with Gasteiger partial charge in [0, 0.05) is 11.4 Å². The Bertz CT molecular complexity index is 778. The topological polar surface area (TPSA) is 77.0 Å². The molecule has 0 bridgehead atoms. The summed E-state index contributed by atoms with van der Waals surface area (Å²) in [6, 6.07) is 9.89. The largest absolute Gasteiger partial charge is 0.378 e. The number of aromatic nitrogens is 3. The summed E-state index contributed by atoms with van der Waals surface area (Å²) >= 11 is 2.92. The minimum Gasteiger partial charge on any atom is -0.378 e. The number of rotatable bonds is 2. The second kappa shape index (κ2) is 7.04. The minimum atomic E-state index is 0. The molecule has 0 aliphatic heterocycles. The van der Waals surface area contributed by atoms with Crippen molar-refractivity contribution in [2.75, 3.05) is 0 Å². The smallest absolute Gasteiger partial charge is 0.252 e. The van der Waals surface area contributed by atoms with Gasteiger partial charge in [0.25, 0.3) is 5.95 Å². The standard InChI is InChI=1S/C14H13N5S2.ClH/c1-8-7-9(2)17-13(16-8)19-12(15)21-14-18-10-5-3-4-6-11(10)20-14;/h3-7H,1-2H3,(H2,15,16,17,19);1H. The number of aliphatic imine (C=N–C) groups is 1. The molecule has 0 radical (unpaired) electrons. The van der Waals surface area contributed by atoms with Crippen molar-refractivity contribution in [3.05, 3.63) is 41.7 Å². The first-order valence-corrected chi connectivity index (χ1v) is 7.93. The number of hydrogen-bond donors (Lipinski definition) is 1. The number of aryl methyl sites for hydroxylation is 2. The zero-order valence-corrected chi connectivity index (χ0v) is 14.4. The normalized spacial score (nSPS) is 11.5. The fourth-order valence-electron chi connectivity index (χ4n) is 1.86. The third-order valence-corrected chi connectivity index (χ3v) is 4.54. The molecule has 114 valence electrons. The summed E-state index contributed by atoms with van der Waals surface area (Å²) in [7, 11) is 0. The van der Waals surface area contributed by atoms with E-state index in [0.29, 0.717) is 11.1 Å². The lowest BCUT2D eigenvalue weighted by atomic mass is 10.3. The lowest BCUT2D eigenvalue weighted by molar-refractivity contribution is 1.04. The van der Waals surface area contributed by atoms with Crippen LogP contribution >= 0.6 is 35.5 Å². The van der Waals surface area contributed by atoms with Gasteiger partial charge in [-0.1, -0.05) is 12.1 Å². The number of thioether (sulfide) groups is 1. The molecule has 2 aromatic heterocycles. The first-order chi connectivity index (χ1) is 10.1. The molecule has 22 heavy (non-hydrogen) atoms. The molecule has 0 amide bonds. The highest BCUT2D eigenvalue weighted by molar-refractivity contribution is 8.15. The lowest BCUT2D eigenvalue weighted by Gasteiger charge is -1.99. The molecule has 3 rings (SSSR count). The van der Waals surface area contributed by atoms with Crippen molar-refractivity contribution >= 4 is 56.8 Å². The number of nitrogens with zero attached hydrogens (tertiary/aromatic N) is 4. The number of nitrogens with two attached hydrogens (primary N) is 1. The van der Waals surface area contributed by atoms with Gasteiger partial charge < -0.3 is 5.73 Å². The van der Waals surface area contributed by atoms with Gasteiger partial charge in [-0.3, -0.25) is 0 Å². The highest BCUT2D eigenvalue weighted by Crippen LogP contribution is 2.29. The van der Waals surface area contributed by atoms with Crippen molar-refractivity contribution in [1.82, 2.24) is 15.0 Å². The summed E-state index contributed by atoms with van der Waals surface area (Å²) in [6.45, 7) is 3.81. The van der Waals surface area contributed by atoms with Crippen LogP contribution in [0.1, 0.15) is 11.4 Å². The molecule has 2 heterocycles. The number of halogens is 1. The quantitative estimate of drug-likeness (QED) is 0.431. The molecule has 2 N–H and O–H groups in total. The van der Waals surface area contributed by atoms with Crippen LogP contribution in [-0.4, -0.2) is 20.1 Å². The van der Waals surface area contributed by atoms with Gasteiger partial charge in [-0.25, -0.2) is 15.0 Å². The monoisotopic (exact) mass is 351 g/mol. The number of para-hydroxylation sites is 1. The van der Waals surface area contributed by atoms with E-state index in [1.165, 1.54) is 11.8 Å². The molecule has 0 unspecified atom stereocenters. The van der Waals surface area contributed by atoms with Gasteiger partial charge in [0.2, 0.25) is 0 Å². The van der Waals surface area contributed by atoms with Gasteiger partial charge >= 0.3 is 0 Å². The Kier molecular flexibility index (Phi) is 5.33. The number of thiazole rings is 1. The molecular weight excluding hydrogens is 338 g/mol. The predicted octanol–water partition coefficient (Wildman–Crippen LogP) is 3.86. The minimum absolute atomic E-state index is 0. The molecule has 0 saturated heterocycles. The SMILES string of the molecule is Cc1cc(C)nc(/N=C(\N)Sc2nc3ccccc3s2)n1.Cl. The van der Waals surface area contributed by atoms with Crippen LogP contribution in [0.3, 0.4) is 0 Å². The van der Waals surface area contributed by atoms with E-state index in [1.54, 1.807) is 11.3 Å². The molecule has 3 aromatic rings. The van der Waals surface area contributed by atoms with Gasteiger partial charge in [-0.15, -0.1) is 23.7 Å². The summed E-state index contributed by atoms with van der Waals surface area (Å²) in [5.41, 5.74) is 8.68. The number of amidine groups is 1. The Balaban J connectivity index is 0.00000176. The van der Waals surface area contributed by atoms with Crippen LogP contribution in [0.4, 0.5) is 5.95 Å². The highest BCUT2D eigenvalue weighted by atomic mass is 35.5. The first-order valence-electron chi connectivity index (χ1n) is 6.30. The van der Waals surface area contributed by atoms with Gasteiger partial charge in [0.1, 0.15) is 0 Å². The first kappa shape index (κ1) is 16.7. The van der Waals surface area contributed by atoms with Crippen LogP contribution < -0.4 is 5.73 Å². The van der Waals surface area contributed by atoms with E-state index in [1.807, 2.05) is 44.2 Å². The maximum Gasteiger partial charge on any atom is 0.252 e. The third kappa shape index (κ3) is 3.94. The Morgan fingerprint density at radius 1 is 1.14 bits per heavy atom. The summed E-state index contributed by atoms with van der Waals surface area (Å²) in [4.78, 5) is 17.3. The molecule has 0 fully saturated rings. The molecule has 1 aromatic carbocycles. The molecule has 0 spiro atoms. The van der Waals surface area contributed by atoms with E-state index in [0.717, 1.165) is 25.9 Å². The van der Waals surface area contributed by atoms with Crippen molar-refractivity contribution < 1.29 is 0 Å². The van der Waals surface area contributed by atoms with Crippen molar-refractivity contribution in [3.63, 3.8) is 0 Å². The van der Waals surface area contributed by atoms with E-state index >= 15 is 0 Å². The molecule has 0 aliphatic carbocycles. The second-order valence-corrected chi connectivity index (χ2v) is 6.75. The van der Waals surface area contributed by atoms with Gasteiger partial charge in [-0.05, 0) is 43.8 Å². The highest BCUT2D eigenvalue weighted by Gasteiger charge is 2.07. The van der Waals surface area contributed by atoms with Crippen LogP contribution in [0.15, 0.2) is 39.7 Å². The van der Waals surface area contributed by atoms with Crippen molar-refractivity contribution in [2.24, 2.45) is 10.7 Å². The third-order valence-electron chi connectivity index (χ3n) is 2.65. The molecule has 8 heteroatoms. The fraction of sp³-hybridized carbons (Fsp3) is 0.143. The maximum absolute atomic E-state index is 5.96. The van der Waals surface area contributed by atoms with Crippen LogP contribution in [0.5, 0.6) is 0 Å². The Morgan fingerprint density at radius 2 is 1.82 bits per heavy atom. The van der Waals surface area contributed by atoms with E-state index in [-0.39, 0.29) is 12.4 Å². The molecule has 5 nitrogen and oxygen atoms in total. The van der Waals surface area contributed by atoms with Crippen LogP contribution in [0.2, 0.25) is 0 Å².